The summed E-state index contributed by atoms with van der Waals surface area (Å²) in [5, 5.41) is 2.77. The minimum absolute atomic E-state index is 0.0293. The summed E-state index contributed by atoms with van der Waals surface area (Å²) in [7, 11) is 1.67. The molecule has 0 aliphatic carbocycles. The quantitative estimate of drug-likeness (QED) is 0.698. The van der Waals surface area contributed by atoms with Crippen LogP contribution < -0.4 is 11.1 Å². The minimum Gasteiger partial charge on any atom is -0.355 e. The van der Waals surface area contributed by atoms with Crippen molar-refractivity contribution in [3.63, 3.8) is 0 Å². The first-order valence-corrected chi connectivity index (χ1v) is 7.42. The molecule has 1 aliphatic heterocycles. The largest absolute Gasteiger partial charge is 0.355 e. The molecular weight excluding hydrogens is 256 g/mol. The van der Waals surface area contributed by atoms with E-state index < -0.39 is 0 Å². The van der Waals surface area contributed by atoms with Crippen molar-refractivity contribution < 1.29 is 9.59 Å². The number of hydrogen-bond acceptors (Lipinski definition) is 4. The highest BCUT2D eigenvalue weighted by Crippen LogP contribution is 2.15. The number of carbonyl (C=O) groups excluding carboxylic acids is 2. The Bertz CT molecular complexity index is 335. The molecule has 6 heteroatoms. The summed E-state index contributed by atoms with van der Waals surface area (Å²) in [5.41, 5.74) is 6.03. The van der Waals surface area contributed by atoms with E-state index in [4.69, 9.17) is 5.73 Å². The molecule has 2 unspecified atom stereocenters. The first kappa shape index (κ1) is 16.9. The van der Waals surface area contributed by atoms with Crippen molar-refractivity contribution in [1.29, 1.82) is 0 Å². The average Bonchev–Trinajstić information content (AvgIpc) is 2.40. The molecule has 6 nitrogen and oxygen atoms in total. The van der Waals surface area contributed by atoms with Gasteiger partial charge in [0.15, 0.2) is 0 Å². The molecular formula is C14H28N4O2. The van der Waals surface area contributed by atoms with E-state index >= 15 is 0 Å². The molecule has 0 radical (unpaired) electrons. The monoisotopic (exact) mass is 284 g/mol. The Morgan fingerprint density at radius 2 is 2.15 bits per heavy atom. The summed E-state index contributed by atoms with van der Waals surface area (Å²) >= 11 is 0. The maximum absolute atomic E-state index is 12.1. The van der Waals surface area contributed by atoms with Crippen molar-refractivity contribution in [1.82, 2.24) is 15.1 Å². The SMILES string of the molecule is CCCNC(=O)CN(C)C(=O)CN1CCC(C)C(N)C1. The van der Waals surface area contributed by atoms with Crippen molar-refractivity contribution in [2.24, 2.45) is 11.7 Å². The van der Waals surface area contributed by atoms with E-state index in [1.807, 2.05) is 6.92 Å². The summed E-state index contributed by atoms with van der Waals surface area (Å²) in [6, 6.07) is 0.134. The maximum atomic E-state index is 12.1. The molecule has 0 bridgehead atoms. The summed E-state index contributed by atoms with van der Waals surface area (Å²) in [6.07, 6.45) is 1.92. The Kier molecular flexibility index (Phi) is 6.95. The maximum Gasteiger partial charge on any atom is 0.239 e. The van der Waals surface area contributed by atoms with Crippen LogP contribution in [0.4, 0.5) is 0 Å². The van der Waals surface area contributed by atoms with Gasteiger partial charge < -0.3 is 16.0 Å². The van der Waals surface area contributed by atoms with Gasteiger partial charge in [-0.2, -0.15) is 0 Å². The van der Waals surface area contributed by atoms with Crippen LogP contribution in [-0.2, 0) is 9.59 Å². The Morgan fingerprint density at radius 1 is 1.45 bits per heavy atom. The molecule has 116 valence electrons. The lowest BCUT2D eigenvalue weighted by Gasteiger charge is -2.35. The van der Waals surface area contributed by atoms with Crippen LogP contribution in [0.3, 0.4) is 0 Å². The van der Waals surface area contributed by atoms with Gasteiger partial charge in [0.1, 0.15) is 0 Å². The van der Waals surface area contributed by atoms with E-state index in [1.165, 1.54) is 4.90 Å². The van der Waals surface area contributed by atoms with Gasteiger partial charge in [0.2, 0.25) is 11.8 Å². The fraction of sp³-hybridized carbons (Fsp3) is 0.857. The summed E-state index contributed by atoms with van der Waals surface area (Å²) in [6.45, 7) is 6.91. The lowest BCUT2D eigenvalue weighted by atomic mass is 9.94. The first-order valence-electron chi connectivity index (χ1n) is 7.42. The van der Waals surface area contributed by atoms with E-state index in [2.05, 4.69) is 17.1 Å². The second-order valence-electron chi connectivity index (χ2n) is 5.76. The fourth-order valence-corrected chi connectivity index (χ4v) is 2.25. The van der Waals surface area contributed by atoms with E-state index in [-0.39, 0.29) is 24.4 Å². The second-order valence-corrected chi connectivity index (χ2v) is 5.76. The number of nitrogens with one attached hydrogen (secondary N) is 1. The molecule has 0 aromatic heterocycles. The number of nitrogens with zero attached hydrogens (tertiary/aromatic N) is 2. The molecule has 0 saturated carbocycles. The summed E-state index contributed by atoms with van der Waals surface area (Å²) in [5.74, 6) is 0.379. The molecule has 1 aliphatic rings. The van der Waals surface area contributed by atoms with Crippen LogP contribution in [0, 0.1) is 5.92 Å². The third-order valence-corrected chi connectivity index (χ3v) is 3.84. The number of rotatable bonds is 6. The molecule has 1 rings (SSSR count). The number of piperidine rings is 1. The van der Waals surface area contributed by atoms with E-state index in [1.54, 1.807) is 7.05 Å². The van der Waals surface area contributed by atoms with Crippen LogP contribution in [0.5, 0.6) is 0 Å². The van der Waals surface area contributed by atoms with Crippen molar-refractivity contribution in [2.75, 3.05) is 39.8 Å². The zero-order chi connectivity index (χ0) is 15.1. The first-order chi connectivity index (χ1) is 9.43. The van der Waals surface area contributed by atoms with E-state index in [9.17, 15) is 9.59 Å². The third-order valence-electron chi connectivity index (χ3n) is 3.84. The zero-order valence-corrected chi connectivity index (χ0v) is 12.9. The van der Waals surface area contributed by atoms with Crippen LogP contribution in [0.2, 0.25) is 0 Å². The normalized spacial score (nSPS) is 23.4. The number of hydrogen-bond donors (Lipinski definition) is 2. The predicted molar refractivity (Wildman–Crippen MR) is 79.1 cm³/mol. The zero-order valence-electron chi connectivity index (χ0n) is 12.9. The highest BCUT2D eigenvalue weighted by molar-refractivity contribution is 5.85. The second kappa shape index (κ2) is 8.21. The van der Waals surface area contributed by atoms with Crippen LogP contribution in [0.25, 0.3) is 0 Å². The van der Waals surface area contributed by atoms with Crippen LogP contribution in [0.1, 0.15) is 26.7 Å². The van der Waals surface area contributed by atoms with Crippen molar-refractivity contribution in [3.8, 4) is 0 Å². The molecule has 2 atom stereocenters. The van der Waals surface area contributed by atoms with Gasteiger partial charge in [-0.25, -0.2) is 0 Å². The molecule has 1 fully saturated rings. The number of amides is 2. The lowest BCUT2D eigenvalue weighted by molar-refractivity contribution is -0.135. The standard InChI is InChI=1S/C14H28N4O2/c1-4-6-16-13(19)9-17(3)14(20)10-18-7-5-11(2)12(15)8-18/h11-12H,4-10,15H2,1-3H3,(H,16,19). The van der Waals surface area contributed by atoms with Gasteiger partial charge in [-0.3, -0.25) is 14.5 Å². The highest BCUT2D eigenvalue weighted by Gasteiger charge is 2.25. The number of likely N-dealkylation sites (N-methyl/N-ethyl adjacent to an activating group) is 1. The third kappa shape index (κ3) is 5.46. The van der Waals surface area contributed by atoms with Crippen molar-refractivity contribution in [2.45, 2.75) is 32.7 Å². The molecule has 3 N–H and O–H groups in total. The van der Waals surface area contributed by atoms with Gasteiger partial charge >= 0.3 is 0 Å². The molecule has 0 aromatic rings. The Labute approximate surface area is 121 Å². The van der Waals surface area contributed by atoms with Gasteiger partial charge in [-0.1, -0.05) is 13.8 Å². The van der Waals surface area contributed by atoms with Crippen molar-refractivity contribution >= 4 is 11.8 Å². The average molecular weight is 284 g/mol. The highest BCUT2D eigenvalue weighted by atomic mass is 16.2. The van der Waals surface area contributed by atoms with Crippen LogP contribution in [-0.4, -0.2) is 67.4 Å². The number of likely N-dealkylation sites (tertiary alicyclic amines) is 1. The molecule has 1 saturated heterocycles. The molecule has 0 aromatic carbocycles. The van der Waals surface area contributed by atoms with Crippen LogP contribution >= 0.6 is 0 Å². The fourth-order valence-electron chi connectivity index (χ4n) is 2.25. The topological polar surface area (TPSA) is 78.7 Å². The van der Waals surface area contributed by atoms with Gasteiger partial charge in [-0.15, -0.1) is 0 Å². The number of nitrogens with two attached hydrogens (primary N) is 1. The Morgan fingerprint density at radius 3 is 2.75 bits per heavy atom. The van der Waals surface area contributed by atoms with Gasteiger partial charge in [0, 0.05) is 26.2 Å². The molecule has 20 heavy (non-hydrogen) atoms. The smallest absolute Gasteiger partial charge is 0.239 e. The Balaban J connectivity index is 2.32. The van der Waals surface area contributed by atoms with Gasteiger partial charge in [0.05, 0.1) is 13.1 Å². The van der Waals surface area contributed by atoms with Crippen molar-refractivity contribution in [3.05, 3.63) is 0 Å². The summed E-state index contributed by atoms with van der Waals surface area (Å²) < 4.78 is 0. The van der Waals surface area contributed by atoms with Gasteiger partial charge in [0.25, 0.3) is 0 Å². The van der Waals surface area contributed by atoms with E-state index in [0.717, 1.165) is 25.9 Å². The molecule has 0 spiro atoms. The predicted octanol–water partition coefficient (Wildman–Crippen LogP) is -0.360. The van der Waals surface area contributed by atoms with E-state index in [0.29, 0.717) is 19.0 Å². The number of carbonyl (C=O) groups is 2. The van der Waals surface area contributed by atoms with Gasteiger partial charge in [-0.05, 0) is 25.3 Å². The summed E-state index contributed by atoms with van der Waals surface area (Å²) in [4.78, 5) is 27.2. The van der Waals surface area contributed by atoms with Crippen LogP contribution in [0.15, 0.2) is 0 Å². The Hall–Kier alpha value is -1.14. The molecule has 2 amide bonds. The lowest BCUT2D eigenvalue weighted by Crippen LogP contribution is -2.51. The molecule has 1 heterocycles. The minimum atomic E-state index is -0.105.